The Morgan fingerprint density at radius 3 is 2.71 bits per heavy atom. The minimum absolute atomic E-state index is 0. The van der Waals surface area contributed by atoms with Gasteiger partial charge in [0.05, 0.1) is 6.54 Å². The van der Waals surface area contributed by atoms with Crippen molar-refractivity contribution < 1.29 is 4.79 Å². The van der Waals surface area contributed by atoms with E-state index < -0.39 is 0 Å². The molecule has 1 atom stereocenters. The molecule has 0 radical (unpaired) electrons. The highest BCUT2D eigenvalue weighted by atomic mass is 35.5. The van der Waals surface area contributed by atoms with E-state index in [9.17, 15) is 4.79 Å². The third-order valence-corrected chi connectivity index (χ3v) is 5.08. The summed E-state index contributed by atoms with van der Waals surface area (Å²) in [6.45, 7) is 0.325. The predicted molar refractivity (Wildman–Crippen MR) is 112 cm³/mol. The quantitative estimate of drug-likeness (QED) is 0.610. The summed E-state index contributed by atoms with van der Waals surface area (Å²) < 4.78 is 0. The van der Waals surface area contributed by atoms with E-state index in [2.05, 4.69) is 44.8 Å². The van der Waals surface area contributed by atoms with Gasteiger partial charge in [-0.25, -0.2) is 4.98 Å². The summed E-state index contributed by atoms with van der Waals surface area (Å²) in [5.74, 6) is 1.60. The number of carbonyl (C=O) groups is 1. The van der Waals surface area contributed by atoms with Gasteiger partial charge < -0.3 is 11.1 Å². The SMILES string of the molecule is Cl.NCc1nc(-c2ccc(NC(=O)CC3CCCc4ccccc43)cc2)n[nH]1. The van der Waals surface area contributed by atoms with Crippen LogP contribution in [0.15, 0.2) is 48.5 Å². The Morgan fingerprint density at radius 2 is 1.96 bits per heavy atom. The third kappa shape index (κ3) is 4.40. The van der Waals surface area contributed by atoms with Gasteiger partial charge in [0.25, 0.3) is 0 Å². The summed E-state index contributed by atoms with van der Waals surface area (Å²) in [4.78, 5) is 16.8. The summed E-state index contributed by atoms with van der Waals surface area (Å²) >= 11 is 0. The molecule has 0 saturated carbocycles. The van der Waals surface area contributed by atoms with Crippen molar-refractivity contribution in [3.05, 3.63) is 65.5 Å². The second-order valence-corrected chi connectivity index (χ2v) is 6.93. The first kappa shape index (κ1) is 20.0. The Kier molecular flexibility index (Phi) is 6.44. The molecule has 6 nitrogen and oxygen atoms in total. The molecule has 2 aromatic carbocycles. The van der Waals surface area contributed by atoms with Crippen LogP contribution in [0.2, 0.25) is 0 Å². The summed E-state index contributed by atoms with van der Waals surface area (Å²) in [5, 5.41) is 9.95. The zero-order valence-electron chi connectivity index (χ0n) is 15.5. The molecule has 1 aliphatic rings. The molecule has 1 heterocycles. The zero-order valence-corrected chi connectivity index (χ0v) is 16.3. The maximum atomic E-state index is 12.5. The van der Waals surface area contributed by atoms with E-state index in [0.29, 0.717) is 30.5 Å². The summed E-state index contributed by atoms with van der Waals surface area (Å²) in [7, 11) is 0. The lowest BCUT2D eigenvalue weighted by molar-refractivity contribution is -0.116. The predicted octanol–water partition coefficient (Wildman–Crippen LogP) is 3.80. The Bertz CT molecular complexity index is 938. The number of aromatic amines is 1. The van der Waals surface area contributed by atoms with Gasteiger partial charge in [0.15, 0.2) is 5.82 Å². The number of rotatable bonds is 5. The average molecular weight is 398 g/mol. The van der Waals surface area contributed by atoms with Gasteiger partial charge in [-0.2, -0.15) is 5.10 Å². The molecule has 0 saturated heterocycles. The third-order valence-electron chi connectivity index (χ3n) is 5.08. The van der Waals surface area contributed by atoms with Gasteiger partial charge in [-0.3, -0.25) is 9.89 Å². The molecule has 0 bridgehead atoms. The smallest absolute Gasteiger partial charge is 0.224 e. The number of fused-ring (bicyclic) bond motifs is 1. The van der Waals surface area contributed by atoms with Crippen LogP contribution in [0.5, 0.6) is 0 Å². The molecule has 28 heavy (non-hydrogen) atoms. The van der Waals surface area contributed by atoms with E-state index in [0.717, 1.165) is 30.5 Å². The number of hydrogen-bond acceptors (Lipinski definition) is 4. The summed E-state index contributed by atoms with van der Waals surface area (Å²) in [6, 6.07) is 16.0. The van der Waals surface area contributed by atoms with Crippen LogP contribution in [0.4, 0.5) is 5.69 Å². The Labute approximate surface area is 170 Å². The van der Waals surface area contributed by atoms with Crippen molar-refractivity contribution in [2.45, 2.75) is 38.1 Å². The number of anilines is 1. The number of halogens is 1. The Morgan fingerprint density at radius 1 is 1.18 bits per heavy atom. The number of H-pyrrole nitrogens is 1. The minimum Gasteiger partial charge on any atom is -0.326 e. The van der Waals surface area contributed by atoms with Crippen molar-refractivity contribution in [1.82, 2.24) is 15.2 Å². The Hall–Kier alpha value is -2.70. The van der Waals surface area contributed by atoms with E-state index in [1.54, 1.807) is 0 Å². The first-order valence-corrected chi connectivity index (χ1v) is 9.32. The second kappa shape index (κ2) is 8.99. The summed E-state index contributed by atoms with van der Waals surface area (Å²) in [6.07, 6.45) is 3.84. The molecule has 7 heteroatoms. The maximum Gasteiger partial charge on any atom is 0.224 e. The first-order chi connectivity index (χ1) is 13.2. The van der Waals surface area contributed by atoms with Crippen LogP contribution in [0.1, 0.15) is 42.1 Å². The highest BCUT2D eigenvalue weighted by Gasteiger charge is 2.22. The second-order valence-electron chi connectivity index (χ2n) is 6.93. The fourth-order valence-corrected chi connectivity index (χ4v) is 3.72. The Balaban J connectivity index is 0.00000225. The topological polar surface area (TPSA) is 96.7 Å². The standard InChI is InChI=1S/C21H23N5O.ClH/c22-13-19-24-21(26-25-19)15-8-10-17(11-9-15)23-20(27)12-16-6-3-5-14-4-1-2-7-18(14)16;/h1-2,4,7-11,16H,3,5-6,12-13,22H2,(H,23,27)(H,24,25,26);1H. The number of nitrogens with one attached hydrogen (secondary N) is 2. The van der Waals surface area contributed by atoms with Crippen LogP contribution in [-0.4, -0.2) is 21.1 Å². The number of aryl methyl sites for hydroxylation is 1. The molecular weight excluding hydrogens is 374 g/mol. The van der Waals surface area contributed by atoms with E-state index >= 15 is 0 Å². The van der Waals surface area contributed by atoms with Crippen LogP contribution in [0, 0.1) is 0 Å². The van der Waals surface area contributed by atoms with Crippen LogP contribution in [-0.2, 0) is 17.8 Å². The number of nitrogens with two attached hydrogens (primary N) is 1. The van der Waals surface area contributed by atoms with Crippen LogP contribution < -0.4 is 11.1 Å². The molecule has 0 aliphatic heterocycles. The molecule has 4 N–H and O–H groups in total. The largest absolute Gasteiger partial charge is 0.326 e. The van der Waals surface area contributed by atoms with Crippen molar-refractivity contribution in [3.8, 4) is 11.4 Å². The van der Waals surface area contributed by atoms with Crippen LogP contribution >= 0.6 is 12.4 Å². The number of benzene rings is 2. The van der Waals surface area contributed by atoms with Gasteiger partial charge in [-0.05, 0) is 60.6 Å². The minimum atomic E-state index is 0. The van der Waals surface area contributed by atoms with E-state index in [4.69, 9.17) is 5.73 Å². The van der Waals surface area contributed by atoms with Crippen molar-refractivity contribution >= 4 is 24.0 Å². The number of aromatic nitrogens is 3. The lowest BCUT2D eigenvalue weighted by atomic mass is 9.81. The molecule has 1 unspecified atom stereocenters. The van der Waals surface area contributed by atoms with Crippen molar-refractivity contribution in [2.24, 2.45) is 5.73 Å². The van der Waals surface area contributed by atoms with Crippen molar-refractivity contribution in [1.29, 1.82) is 0 Å². The molecule has 0 spiro atoms. The van der Waals surface area contributed by atoms with Crippen molar-refractivity contribution in [3.63, 3.8) is 0 Å². The molecule has 1 aliphatic carbocycles. The highest BCUT2D eigenvalue weighted by molar-refractivity contribution is 5.91. The first-order valence-electron chi connectivity index (χ1n) is 9.32. The lowest BCUT2D eigenvalue weighted by Crippen LogP contribution is -2.18. The van der Waals surface area contributed by atoms with Gasteiger partial charge in [0.2, 0.25) is 5.91 Å². The molecule has 3 aromatic rings. The van der Waals surface area contributed by atoms with Gasteiger partial charge in [0, 0.05) is 17.7 Å². The molecule has 1 amide bonds. The fourth-order valence-electron chi connectivity index (χ4n) is 3.72. The number of carbonyl (C=O) groups excluding carboxylic acids is 1. The molecule has 4 rings (SSSR count). The highest BCUT2D eigenvalue weighted by Crippen LogP contribution is 2.34. The zero-order chi connectivity index (χ0) is 18.6. The number of amides is 1. The van der Waals surface area contributed by atoms with E-state index in [-0.39, 0.29) is 18.3 Å². The average Bonchev–Trinajstić information content (AvgIpc) is 3.18. The molecule has 146 valence electrons. The number of nitrogens with zero attached hydrogens (tertiary/aromatic N) is 2. The number of hydrogen-bond donors (Lipinski definition) is 3. The molecular formula is C21H24ClN5O. The normalized spacial score (nSPS) is 15.4. The lowest BCUT2D eigenvalue weighted by Gasteiger charge is -2.25. The maximum absolute atomic E-state index is 12.5. The van der Waals surface area contributed by atoms with E-state index in [1.165, 1.54) is 11.1 Å². The fraction of sp³-hybridized carbons (Fsp3) is 0.286. The van der Waals surface area contributed by atoms with Gasteiger partial charge in [-0.1, -0.05) is 24.3 Å². The molecule has 1 aromatic heterocycles. The van der Waals surface area contributed by atoms with Gasteiger partial charge >= 0.3 is 0 Å². The van der Waals surface area contributed by atoms with Crippen LogP contribution in [0.3, 0.4) is 0 Å². The monoisotopic (exact) mass is 397 g/mol. The van der Waals surface area contributed by atoms with Gasteiger partial charge in [-0.15, -0.1) is 12.4 Å². The summed E-state index contributed by atoms with van der Waals surface area (Å²) in [5.41, 5.74) is 9.92. The van der Waals surface area contributed by atoms with E-state index in [1.807, 2.05) is 24.3 Å². The van der Waals surface area contributed by atoms with Crippen molar-refractivity contribution in [2.75, 3.05) is 5.32 Å². The van der Waals surface area contributed by atoms with Crippen LogP contribution in [0.25, 0.3) is 11.4 Å². The molecule has 0 fully saturated rings. The van der Waals surface area contributed by atoms with Gasteiger partial charge in [0.1, 0.15) is 5.82 Å².